The van der Waals surface area contributed by atoms with Gasteiger partial charge in [-0.3, -0.25) is 0 Å². The van der Waals surface area contributed by atoms with Gasteiger partial charge in [0.25, 0.3) is 0 Å². The molecule has 0 bridgehead atoms. The van der Waals surface area contributed by atoms with Crippen LogP contribution in [0, 0.1) is 35.0 Å². The zero-order chi connectivity index (χ0) is 24.4. The predicted octanol–water partition coefficient (Wildman–Crippen LogP) is 9.07. The molecule has 0 atom stereocenters. The van der Waals surface area contributed by atoms with E-state index in [1.807, 2.05) is 0 Å². The Morgan fingerprint density at radius 1 is 0.882 bits per heavy atom. The first-order chi connectivity index (χ1) is 16.3. The minimum absolute atomic E-state index is 0.162. The highest BCUT2D eigenvalue weighted by molar-refractivity contribution is 5.27. The molecule has 0 radical (unpaired) electrons. The summed E-state index contributed by atoms with van der Waals surface area (Å²) in [5.74, 6) is 2.41. The lowest BCUT2D eigenvalue weighted by atomic mass is 9.68. The monoisotopic (exact) mass is 479 g/mol. The van der Waals surface area contributed by atoms with Crippen molar-refractivity contribution < 1.29 is 22.3 Å². The van der Waals surface area contributed by atoms with E-state index in [0.717, 1.165) is 42.6 Å². The number of halogens is 4. The predicted molar refractivity (Wildman–Crippen MR) is 126 cm³/mol. The summed E-state index contributed by atoms with van der Waals surface area (Å²) in [7, 11) is 0. The van der Waals surface area contributed by atoms with Crippen LogP contribution in [0.5, 0.6) is 5.75 Å². The Kier molecular flexibility index (Phi) is 10.3. The molecular formula is C28H37F4NO. The van der Waals surface area contributed by atoms with E-state index in [1.54, 1.807) is 18.2 Å². The zero-order valence-corrected chi connectivity index (χ0v) is 20.0. The summed E-state index contributed by atoms with van der Waals surface area (Å²) < 4.78 is 53.6. The number of rotatable bonds is 10. The van der Waals surface area contributed by atoms with Gasteiger partial charge in [0.2, 0.25) is 0 Å². The van der Waals surface area contributed by atoms with Crippen LogP contribution in [-0.2, 0) is 6.42 Å². The first-order valence-electron chi connectivity index (χ1n) is 12.9. The largest absolute Gasteiger partial charge is 0.573 e. The zero-order valence-electron chi connectivity index (χ0n) is 20.0. The standard InChI is InChI=1S/C28H37F4NO/c29-26(20-33)7-3-6-23-10-16-25(17-11-23)24-14-8-21(9-15-24)4-1-2-5-22-12-18-27(19-13-22)34-28(30,31)32/h7,12-13,18-19,21,23-25H,1-6,8-11,14-17H2/b26-7-. The molecule has 1 aromatic carbocycles. The van der Waals surface area contributed by atoms with Crippen LogP contribution in [0.25, 0.3) is 0 Å². The van der Waals surface area contributed by atoms with Gasteiger partial charge in [0.05, 0.1) is 0 Å². The van der Waals surface area contributed by atoms with Crippen LogP contribution in [0.2, 0.25) is 0 Å². The SMILES string of the molecule is N#C/C(F)=C/CCC1CCC(C2CCC(CCCCc3ccc(OC(F)(F)F)cc3)CC2)CC1. The summed E-state index contributed by atoms with van der Waals surface area (Å²) in [5.41, 5.74) is 1.06. The van der Waals surface area contributed by atoms with Crippen molar-refractivity contribution in [1.82, 2.24) is 0 Å². The summed E-state index contributed by atoms with van der Waals surface area (Å²) in [6.07, 6.45) is 13.3. The third-order valence-corrected chi connectivity index (χ3v) is 7.94. The molecule has 0 aliphatic heterocycles. The molecular weight excluding hydrogens is 442 g/mol. The summed E-state index contributed by atoms with van der Waals surface area (Å²) in [5, 5.41) is 8.49. The average Bonchev–Trinajstić information content (AvgIpc) is 2.82. The highest BCUT2D eigenvalue weighted by atomic mass is 19.4. The first kappa shape index (κ1) is 26.6. The maximum atomic E-state index is 12.9. The van der Waals surface area contributed by atoms with E-state index in [1.165, 1.54) is 82.4 Å². The first-order valence-corrected chi connectivity index (χ1v) is 12.9. The Balaban J connectivity index is 1.26. The van der Waals surface area contributed by atoms with Crippen molar-refractivity contribution in [2.75, 3.05) is 0 Å². The fourth-order valence-corrected chi connectivity index (χ4v) is 6.01. The summed E-state index contributed by atoms with van der Waals surface area (Å²) in [6, 6.07) is 7.78. The van der Waals surface area contributed by atoms with Crippen LogP contribution in [0.1, 0.15) is 89.0 Å². The third-order valence-electron chi connectivity index (χ3n) is 7.94. The van der Waals surface area contributed by atoms with Crippen molar-refractivity contribution in [3.05, 3.63) is 41.7 Å². The van der Waals surface area contributed by atoms with Gasteiger partial charge < -0.3 is 4.74 Å². The molecule has 0 heterocycles. The molecule has 1 aromatic rings. The maximum absolute atomic E-state index is 12.9. The Labute approximate surface area is 201 Å². The highest BCUT2D eigenvalue weighted by Gasteiger charge is 2.31. The van der Waals surface area contributed by atoms with Crippen molar-refractivity contribution >= 4 is 0 Å². The molecule has 0 unspecified atom stereocenters. The molecule has 34 heavy (non-hydrogen) atoms. The van der Waals surface area contributed by atoms with Gasteiger partial charge in [-0.05, 0) is 98.8 Å². The van der Waals surface area contributed by atoms with Gasteiger partial charge in [-0.15, -0.1) is 13.2 Å². The number of benzene rings is 1. The Morgan fingerprint density at radius 3 is 1.97 bits per heavy atom. The smallest absolute Gasteiger partial charge is 0.406 e. The quantitative estimate of drug-likeness (QED) is 0.190. The number of allylic oxidation sites excluding steroid dienone is 2. The van der Waals surface area contributed by atoms with Gasteiger partial charge in [-0.1, -0.05) is 50.7 Å². The second kappa shape index (κ2) is 13.2. The summed E-state index contributed by atoms with van der Waals surface area (Å²) in [6.45, 7) is 0. The number of hydrogen-bond donors (Lipinski definition) is 0. The van der Waals surface area contributed by atoms with E-state index in [2.05, 4.69) is 4.74 Å². The molecule has 0 amide bonds. The molecule has 2 fully saturated rings. The Hall–Kier alpha value is -2.03. The van der Waals surface area contributed by atoms with Crippen LogP contribution in [0.3, 0.4) is 0 Å². The Morgan fingerprint density at radius 2 is 1.44 bits per heavy atom. The van der Waals surface area contributed by atoms with Crippen molar-refractivity contribution in [3.8, 4) is 11.8 Å². The number of nitrogens with zero attached hydrogens (tertiary/aromatic N) is 1. The van der Waals surface area contributed by atoms with Crippen LogP contribution in [-0.4, -0.2) is 6.36 Å². The molecule has 6 heteroatoms. The lowest BCUT2D eigenvalue weighted by Crippen LogP contribution is -2.25. The van der Waals surface area contributed by atoms with Crippen LogP contribution in [0.15, 0.2) is 36.2 Å². The molecule has 0 N–H and O–H groups in total. The fourth-order valence-electron chi connectivity index (χ4n) is 6.01. The van der Waals surface area contributed by atoms with Gasteiger partial charge in [0.15, 0.2) is 5.83 Å². The number of aryl methyl sites for hydroxylation is 1. The van der Waals surface area contributed by atoms with Gasteiger partial charge in [0, 0.05) is 0 Å². The second-order valence-electron chi connectivity index (χ2n) is 10.2. The second-order valence-corrected chi connectivity index (χ2v) is 10.2. The van der Waals surface area contributed by atoms with E-state index >= 15 is 0 Å². The van der Waals surface area contributed by atoms with Crippen molar-refractivity contribution in [3.63, 3.8) is 0 Å². The van der Waals surface area contributed by atoms with Gasteiger partial charge >= 0.3 is 6.36 Å². The minimum Gasteiger partial charge on any atom is -0.406 e. The molecule has 0 aromatic heterocycles. The number of unbranched alkanes of at least 4 members (excludes halogenated alkanes) is 1. The normalized spacial score (nSPS) is 26.1. The van der Waals surface area contributed by atoms with Crippen LogP contribution in [0.4, 0.5) is 17.6 Å². The Bertz CT molecular complexity index is 795. The van der Waals surface area contributed by atoms with Gasteiger partial charge in [0.1, 0.15) is 11.8 Å². The topological polar surface area (TPSA) is 33.0 Å². The molecule has 2 saturated carbocycles. The van der Waals surface area contributed by atoms with Crippen molar-refractivity contribution in [2.45, 2.75) is 96.3 Å². The molecule has 2 aliphatic carbocycles. The van der Waals surface area contributed by atoms with E-state index in [9.17, 15) is 17.6 Å². The number of ether oxygens (including phenoxy) is 1. The minimum atomic E-state index is -4.64. The lowest BCUT2D eigenvalue weighted by molar-refractivity contribution is -0.274. The summed E-state index contributed by atoms with van der Waals surface area (Å²) >= 11 is 0. The average molecular weight is 480 g/mol. The number of hydrogen-bond acceptors (Lipinski definition) is 2. The number of nitriles is 1. The van der Waals surface area contributed by atoms with Crippen molar-refractivity contribution in [2.24, 2.45) is 23.7 Å². The third kappa shape index (κ3) is 9.31. The molecule has 0 spiro atoms. The van der Waals surface area contributed by atoms with E-state index in [0.29, 0.717) is 12.3 Å². The van der Waals surface area contributed by atoms with E-state index in [4.69, 9.17) is 5.26 Å². The van der Waals surface area contributed by atoms with E-state index < -0.39 is 12.2 Å². The number of alkyl halides is 3. The lowest BCUT2D eigenvalue weighted by Gasteiger charge is -2.38. The maximum Gasteiger partial charge on any atom is 0.573 e. The summed E-state index contributed by atoms with van der Waals surface area (Å²) in [4.78, 5) is 0. The van der Waals surface area contributed by atoms with Crippen LogP contribution < -0.4 is 4.74 Å². The van der Waals surface area contributed by atoms with Gasteiger partial charge in [-0.2, -0.15) is 9.65 Å². The molecule has 2 nitrogen and oxygen atoms in total. The fraction of sp³-hybridized carbons (Fsp3) is 0.679. The van der Waals surface area contributed by atoms with Gasteiger partial charge in [-0.25, -0.2) is 0 Å². The highest BCUT2D eigenvalue weighted by Crippen LogP contribution is 2.43. The van der Waals surface area contributed by atoms with Crippen LogP contribution >= 0.6 is 0 Å². The molecule has 188 valence electrons. The molecule has 3 rings (SSSR count). The molecule has 2 aliphatic rings. The molecule has 0 saturated heterocycles. The van der Waals surface area contributed by atoms with E-state index in [-0.39, 0.29) is 5.75 Å². The van der Waals surface area contributed by atoms with Crippen molar-refractivity contribution in [1.29, 1.82) is 5.26 Å².